The molecule has 0 bridgehead atoms. The lowest BCUT2D eigenvalue weighted by Gasteiger charge is -2.11. The van der Waals surface area contributed by atoms with Crippen LogP contribution in [-0.4, -0.2) is 37.8 Å². The number of likely N-dealkylation sites (N-methyl/N-ethyl adjacent to an activating group) is 1. The Morgan fingerprint density at radius 1 is 1.56 bits per heavy atom. The van der Waals surface area contributed by atoms with Gasteiger partial charge in [0.2, 0.25) is 10.0 Å². The molecular formula is C11H20N4O2S. The van der Waals surface area contributed by atoms with Gasteiger partial charge in [-0.3, -0.25) is 4.68 Å². The molecule has 0 radical (unpaired) electrons. The minimum Gasteiger partial charge on any atom is -0.318 e. The molecule has 2 N–H and O–H groups in total. The fraction of sp³-hybridized carbons (Fsp3) is 0.727. The first-order valence-corrected chi connectivity index (χ1v) is 7.70. The minimum absolute atomic E-state index is 0.00987. The molecule has 7 heteroatoms. The van der Waals surface area contributed by atoms with Gasteiger partial charge in [0.1, 0.15) is 4.90 Å². The van der Waals surface area contributed by atoms with Crippen LogP contribution < -0.4 is 10.0 Å². The fourth-order valence-corrected chi connectivity index (χ4v) is 3.10. The lowest BCUT2D eigenvalue weighted by molar-refractivity contribution is 0.537. The third-order valence-electron chi connectivity index (χ3n) is 3.18. The maximum atomic E-state index is 12.1. The number of nitrogens with zero attached hydrogens (tertiary/aromatic N) is 2. The average Bonchev–Trinajstić information content (AvgIpc) is 3.05. The molecule has 1 aromatic heterocycles. The quantitative estimate of drug-likeness (QED) is 0.742. The van der Waals surface area contributed by atoms with Crippen molar-refractivity contribution in [1.29, 1.82) is 0 Å². The summed E-state index contributed by atoms with van der Waals surface area (Å²) in [7, 11) is -1.58. The van der Waals surface area contributed by atoms with Gasteiger partial charge >= 0.3 is 0 Å². The number of hydrogen-bond donors (Lipinski definition) is 2. The molecule has 102 valence electrons. The summed E-state index contributed by atoms with van der Waals surface area (Å²) in [5, 5.41) is 7.04. The van der Waals surface area contributed by atoms with Gasteiger partial charge in [0.15, 0.2) is 0 Å². The highest BCUT2D eigenvalue weighted by molar-refractivity contribution is 7.89. The van der Waals surface area contributed by atoms with Gasteiger partial charge in [0.05, 0.1) is 12.7 Å². The van der Waals surface area contributed by atoms with Crippen molar-refractivity contribution in [3.05, 3.63) is 12.4 Å². The van der Waals surface area contributed by atoms with Crippen LogP contribution in [0.15, 0.2) is 17.3 Å². The molecule has 1 atom stereocenters. The van der Waals surface area contributed by atoms with Crippen molar-refractivity contribution in [2.75, 3.05) is 13.6 Å². The van der Waals surface area contributed by atoms with Crippen LogP contribution in [0.1, 0.15) is 19.8 Å². The molecule has 1 heterocycles. The predicted octanol–water partition coefficient (Wildman–Crippen LogP) is 0.179. The molecule has 1 saturated carbocycles. The van der Waals surface area contributed by atoms with Gasteiger partial charge in [-0.1, -0.05) is 0 Å². The normalized spacial score (nSPS) is 17.9. The highest BCUT2D eigenvalue weighted by Crippen LogP contribution is 2.32. The largest absolute Gasteiger partial charge is 0.318 e. The van der Waals surface area contributed by atoms with Crippen molar-refractivity contribution in [3.8, 4) is 0 Å². The Morgan fingerprint density at radius 2 is 2.28 bits per heavy atom. The Bertz CT molecular complexity index is 493. The number of rotatable bonds is 7. The summed E-state index contributed by atoms with van der Waals surface area (Å²) in [6.45, 7) is 3.33. The van der Waals surface area contributed by atoms with Crippen molar-refractivity contribution in [1.82, 2.24) is 19.8 Å². The zero-order chi connectivity index (χ0) is 13.2. The molecule has 0 aliphatic heterocycles. The van der Waals surface area contributed by atoms with Crippen molar-refractivity contribution in [3.63, 3.8) is 0 Å². The Balaban J connectivity index is 2.01. The SMILES string of the molecule is CNCCn1cc(S(=O)(=O)NC(C)C2CC2)cn1. The highest BCUT2D eigenvalue weighted by Gasteiger charge is 2.31. The third-order valence-corrected chi connectivity index (χ3v) is 4.69. The van der Waals surface area contributed by atoms with Crippen molar-refractivity contribution < 1.29 is 8.42 Å². The summed E-state index contributed by atoms with van der Waals surface area (Å²) >= 11 is 0. The second-order valence-electron chi connectivity index (χ2n) is 4.79. The molecule has 0 spiro atoms. The molecule has 1 fully saturated rings. The predicted molar refractivity (Wildman–Crippen MR) is 68.7 cm³/mol. The first-order chi connectivity index (χ1) is 8.53. The summed E-state index contributed by atoms with van der Waals surface area (Å²) in [4.78, 5) is 0.242. The summed E-state index contributed by atoms with van der Waals surface area (Å²) in [5.74, 6) is 0.499. The topological polar surface area (TPSA) is 76.0 Å². The molecule has 1 unspecified atom stereocenters. The van der Waals surface area contributed by atoms with Crippen LogP contribution in [0.5, 0.6) is 0 Å². The van der Waals surface area contributed by atoms with E-state index in [0.29, 0.717) is 12.5 Å². The summed E-state index contributed by atoms with van der Waals surface area (Å²) in [6, 6.07) is 0.00987. The lowest BCUT2D eigenvalue weighted by Crippen LogP contribution is -2.33. The van der Waals surface area contributed by atoms with Gasteiger partial charge < -0.3 is 5.32 Å². The molecule has 0 saturated heterocycles. The van der Waals surface area contributed by atoms with E-state index in [-0.39, 0.29) is 10.9 Å². The first kappa shape index (κ1) is 13.5. The van der Waals surface area contributed by atoms with E-state index in [1.54, 1.807) is 10.9 Å². The number of aromatic nitrogens is 2. The van der Waals surface area contributed by atoms with E-state index in [0.717, 1.165) is 19.4 Å². The molecule has 18 heavy (non-hydrogen) atoms. The lowest BCUT2D eigenvalue weighted by atomic mass is 10.2. The standard InChI is InChI=1S/C11H20N4O2S/c1-9(10-3-4-10)14-18(16,17)11-7-13-15(8-11)6-5-12-2/h7-10,12,14H,3-6H2,1-2H3. The maximum Gasteiger partial charge on any atom is 0.243 e. The van der Waals surface area contributed by atoms with Gasteiger partial charge in [-0.05, 0) is 32.7 Å². The summed E-state index contributed by atoms with van der Waals surface area (Å²) in [6.07, 6.45) is 5.20. The van der Waals surface area contributed by atoms with Crippen molar-refractivity contribution in [2.24, 2.45) is 5.92 Å². The molecule has 1 aliphatic rings. The van der Waals surface area contributed by atoms with Gasteiger partial charge in [0.25, 0.3) is 0 Å². The fourth-order valence-electron chi connectivity index (χ4n) is 1.84. The Hall–Kier alpha value is -0.920. The van der Waals surface area contributed by atoms with Crippen LogP contribution >= 0.6 is 0 Å². The van der Waals surface area contributed by atoms with Gasteiger partial charge in [-0.25, -0.2) is 13.1 Å². The summed E-state index contributed by atoms with van der Waals surface area (Å²) in [5.41, 5.74) is 0. The monoisotopic (exact) mass is 272 g/mol. The Kier molecular flexibility index (Phi) is 4.04. The number of nitrogens with one attached hydrogen (secondary N) is 2. The molecule has 2 rings (SSSR count). The Labute approximate surface area is 108 Å². The van der Waals surface area contributed by atoms with E-state index < -0.39 is 10.0 Å². The van der Waals surface area contributed by atoms with Crippen LogP contribution in [0.3, 0.4) is 0 Å². The number of sulfonamides is 1. The van der Waals surface area contributed by atoms with Gasteiger partial charge in [0, 0.05) is 18.8 Å². The second kappa shape index (κ2) is 5.38. The van der Waals surface area contributed by atoms with E-state index in [9.17, 15) is 8.42 Å². The minimum atomic E-state index is -3.42. The molecule has 0 aromatic carbocycles. The molecule has 6 nitrogen and oxygen atoms in total. The van der Waals surface area contributed by atoms with Crippen molar-refractivity contribution in [2.45, 2.75) is 37.2 Å². The van der Waals surface area contributed by atoms with Gasteiger partial charge in [-0.15, -0.1) is 0 Å². The third kappa shape index (κ3) is 3.30. The Morgan fingerprint density at radius 3 is 2.89 bits per heavy atom. The van der Waals surface area contributed by atoms with E-state index >= 15 is 0 Å². The number of hydrogen-bond acceptors (Lipinski definition) is 4. The second-order valence-corrected chi connectivity index (χ2v) is 6.50. The zero-order valence-corrected chi connectivity index (χ0v) is 11.6. The van der Waals surface area contributed by atoms with Crippen molar-refractivity contribution >= 4 is 10.0 Å². The zero-order valence-electron chi connectivity index (χ0n) is 10.8. The van der Waals surface area contributed by atoms with E-state index in [2.05, 4.69) is 15.1 Å². The van der Waals surface area contributed by atoms with E-state index in [1.807, 2.05) is 14.0 Å². The summed E-state index contributed by atoms with van der Waals surface area (Å²) < 4.78 is 28.5. The first-order valence-electron chi connectivity index (χ1n) is 6.22. The van der Waals surface area contributed by atoms with Crippen LogP contribution in [0.25, 0.3) is 0 Å². The smallest absolute Gasteiger partial charge is 0.243 e. The van der Waals surface area contributed by atoms with Crippen LogP contribution in [0.2, 0.25) is 0 Å². The van der Waals surface area contributed by atoms with Crippen LogP contribution in [0.4, 0.5) is 0 Å². The van der Waals surface area contributed by atoms with E-state index in [1.165, 1.54) is 6.20 Å². The van der Waals surface area contributed by atoms with E-state index in [4.69, 9.17) is 0 Å². The van der Waals surface area contributed by atoms with Crippen LogP contribution in [0, 0.1) is 5.92 Å². The average molecular weight is 272 g/mol. The maximum absolute atomic E-state index is 12.1. The molecule has 1 aromatic rings. The molecule has 0 amide bonds. The molecule has 1 aliphatic carbocycles. The highest BCUT2D eigenvalue weighted by atomic mass is 32.2. The van der Waals surface area contributed by atoms with Crippen LogP contribution in [-0.2, 0) is 16.6 Å². The van der Waals surface area contributed by atoms with Gasteiger partial charge in [-0.2, -0.15) is 5.10 Å². The molecular weight excluding hydrogens is 252 g/mol.